The Balaban J connectivity index is 1.44. The van der Waals surface area contributed by atoms with Gasteiger partial charge in [-0.15, -0.1) is 0 Å². The molecule has 1 N–H and O–H groups in total. The highest BCUT2D eigenvalue weighted by molar-refractivity contribution is 5.74. The summed E-state index contributed by atoms with van der Waals surface area (Å²) >= 11 is 0. The maximum Gasteiger partial charge on any atom is 0.318 e. The van der Waals surface area contributed by atoms with Crippen molar-refractivity contribution in [3.05, 3.63) is 87.7 Å². The van der Waals surface area contributed by atoms with Gasteiger partial charge in [-0.2, -0.15) is 5.10 Å². The molecule has 27 heavy (non-hydrogen) atoms. The van der Waals surface area contributed by atoms with E-state index in [4.69, 9.17) is 4.42 Å². The number of urea groups is 1. The van der Waals surface area contributed by atoms with Crippen LogP contribution in [0.4, 0.5) is 4.79 Å². The fourth-order valence-corrected chi connectivity index (χ4v) is 3.17. The van der Waals surface area contributed by atoms with Gasteiger partial charge in [-0.1, -0.05) is 30.3 Å². The second-order valence-electron chi connectivity index (χ2n) is 6.51. The average Bonchev–Trinajstić information content (AvgIpc) is 3.21. The predicted molar refractivity (Wildman–Crippen MR) is 99.1 cm³/mol. The zero-order valence-electron chi connectivity index (χ0n) is 14.8. The molecule has 3 heterocycles. The fourth-order valence-electron chi connectivity index (χ4n) is 3.17. The van der Waals surface area contributed by atoms with Gasteiger partial charge in [0.05, 0.1) is 25.0 Å². The van der Waals surface area contributed by atoms with Crippen molar-refractivity contribution < 1.29 is 9.21 Å². The van der Waals surface area contributed by atoms with E-state index in [0.29, 0.717) is 38.4 Å². The molecule has 2 aromatic heterocycles. The van der Waals surface area contributed by atoms with Gasteiger partial charge in [-0.3, -0.25) is 4.79 Å². The Hall–Kier alpha value is -3.35. The molecule has 0 saturated heterocycles. The molecule has 0 saturated carbocycles. The summed E-state index contributed by atoms with van der Waals surface area (Å²) in [5.41, 5.74) is 2.56. The molecule has 138 valence electrons. The predicted octanol–water partition coefficient (Wildman–Crippen LogP) is 2.15. The Kier molecular flexibility index (Phi) is 4.74. The van der Waals surface area contributed by atoms with E-state index in [1.54, 1.807) is 23.3 Å². The van der Waals surface area contributed by atoms with E-state index < -0.39 is 0 Å². The molecule has 1 aliphatic heterocycles. The summed E-state index contributed by atoms with van der Waals surface area (Å²) in [5, 5.41) is 7.35. The lowest BCUT2D eigenvalue weighted by atomic mass is 10.1. The first-order valence-electron chi connectivity index (χ1n) is 8.88. The van der Waals surface area contributed by atoms with Gasteiger partial charge in [0.2, 0.25) is 0 Å². The smallest absolute Gasteiger partial charge is 0.318 e. The van der Waals surface area contributed by atoms with Crippen LogP contribution in [0.5, 0.6) is 0 Å². The van der Waals surface area contributed by atoms with Crippen LogP contribution in [0.2, 0.25) is 0 Å². The molecule has 0 fully saturated rings. The number of rotatable bonds is 4. The van der Waals surface area contributed by atoms with Crippen molar-refractivity contribution in [2.75, 3.05) is 6.54 Å². The van der Waals surface area contributed by atoms with Crippen molar-refractivity contribution in [2.24, 2.45) is 0 Å². The minimum atomic E-state index is -0.175. The molecule has 4 rings (SSSR count). The number of hydrogen-bond donors (Lipinski definition) is 1. The molecule has 0 spiro atoms. The summed E-state index contributed by atoms with van der Waals surface area (Å²) in [6.45, 7) is 1.73. The van der Waals surface area contributed by atoms with E-state index in [0.717, 1.165) is 16.8 Å². The largest absolute Gasteiger partial charge is 0.467 e. The second-order valence-corrected chi connectivity index (χ2v) is 6.51. The SMILES string of the molecule is O=C(NCc1ccco1)N1CCc2nn(Cc3ccccc3)c(=O)cc2C1. The zero-order chi connectivity index (χ0) is 18.6. The summed E-state index contributed by atoms with van der Waals surface area (Å²) in [6, 6.07) is 14.8. The number of furan rings is 1. The highest BCUT2D eigenvalue weighted by Gasteiger charge is 2.23. The maximum atomic E-state index is 12.4. The average molecular weight is 364 g/mol. The normalized spacial score (nSPS) is 13.3. The van der Waals surface area contributed by atoms with E-state index in [-0.39, 0.29) is 11.6 Å². The first-order valence-corrected chi connectivity index (χ1v) is 8.88. The summed E-state index contributed by atoms with van der Waals surface area (Å²) in [7, 11) is 0. The second kappa shape index (κ2) is 7.49. The minimum Gasteiger partial charge on any atom is -0.467 e. The van der Waals surface area contributed by atoms with Crippen molar-refractivity contribution in [3.63, 3.8) is 0 Å². The summed E-state index contributed by atoms with van der Waals surface area (Å²) in [4.78, 5) is 26.5. The third kappa shape index (κ3) is 3.92. The number of hydrogen-bond acceptors (Lipinski definition) is 4. The van der Waals surface area contributed by atoms with Gasteiger partial charge in [-0.25, -0.2) is 9.48 Å². The molecule has 7 nitrogen and oxygen atoms in total. The molecule has 0 aliphatic carbocycles. The van der Waals surface area contributed by atoms with E-state index in [1.807, 2.05) is 36.4 Å². The van der Waals surface area contributed by atoms with Crippen LogP contribution in [0.15, 0.2) is 64.0 Å². The Morgan fingerprint density at radius 1 is 1.19 bits per heavy atom. The monoisotopic (exact) mass is 364 g/mol. The number of nitrogens with one attached hydrogen (secondary N) is 1. The molecule has 1 aromatic carbocycles. The van der Waals surface area contributed by atoms with Crippen molar-refractivity contribution >= 4 is 6.03 Å². The number of carbonyl (C=O) groups excluding carboxylic acids is 1. The Labute approximate surface area is 156 Å². The molecule has 2 amide bonds. The number of nitrogens with zero attached hydrogens (tertiary/aromatic N) is 3. The van der Waals surface area contributed by atoms with E-state index in [9.17, 15) is 9.59 Å². The third-order valence-corrected chi connectivity index (χ3v) is 4.60. The Morgan fingerprint density at radius 2 is 2.04 bits per heavy atom. The van der Waals surface area contributed by atoms with Crippen LogP contribution in [0.3, 0.4) is 0 Å². The lowest BCUT2D eigenvalue weighted by molar-refractivity contribution is 0.190. The quantitative estimate of drug-likeness (QED) is 0.769. The molecule has 0 unspecified atom stereocenters. The molecule has 7 heteroatoms. The van der Waals surface area contributed by atoms with Crippen molar-refractivity contribution in [1.29, 1.82) is 0 Å². The van der Waals surface area contributed by atoms with Crippen LogP contribution in [-0.2, 0) is 26.1 Å². The molecule has 0 bridgehead atoms. The highest BCUT2D eigenvalue weighted by Crippen LogP contribution is 2.15. The van der Waals surface area contributed by atoms with Crippen LogP contribution in [0, 0.1) is 0 Å². The third-order valence-electron chi connectivity index (χ3n) is 4.60. The highest BCUT2D eigenvalue weighted by atomic mass is 16.3. The van der Waals surface area contributed by atoms with E-state index >= 15 is 0 Å². The van der Waals surface area contributed by atoms with Crippen LogP contribution < -0.4 is 10.9 Å². The molecular weight excluding hydrogens is 344 g/mol. The number of benzene rings is 1. The summed E-state index contributed by atoms with van der Waals surface area (Å²) in [5.74, 6) is 0.700. The molecule has 0 atom stereocenters. The fraction of sp³-hybridized carbons (Fsp3) is 0.250. The molecule has 1 aliphatic rings. The van der Waals surface area contributed by atoms with E-state index in [1.165, 1.54) is 4.68 Å². The van der Waals surface area contributed by atoms with Crippen molar-refractivity contribution in [1.82, 2.24) is 20.0 Å². The van der Waals surface area contributed by atoms with Gasteiger partial charge >= 0.3 is 6.03 Å². The van der Waals surface area contributed by atoms with Crippen LogP contribution >= 0.6 is 0 Å². The van der Waals surface area contributed by atoms with Gasteiger partial charge in [0.15, 0.2) is 0 Å². The number of aromatic nitrogens is 2. The van der Waals surface area contributed by atoms with Gasteiger partial charge < -0.3 is 14.6 Å². The zero-order valence-corrected chi connectivity index (χ0v) is 14.8. The Morgan fingerprint density at radius 3 is 2.81 bits per heavy atom. The number of carbonyl (C=O) groups is 1. The lowest BCUT2D eigenvalue weighted by Crippen LogP contribution is -2.43. The number of amides is 2. The molecular formula is C20H20N4O3. The van der Waals surface area contributed by atoms with Gasteiger partial charge in [0.1, 0.15) is 5.76 Å². The lowest BCUT2D eigenvalue weighted by Gasteiger charge is -2.28. The van der Waals surface area contributed by atoms with Gasteiger partial charge in [0, 0.05) is 31.1 Å². The van der Waals surface area contributed by atoms with Crippen LogP contribution in [-0.4, -0.2) is 27.3 Å². The first-order chi connectivity index (χ1) is 13.2. The molecule has 3 aromatic rings. The van der Waals surface area contributed by atoms with Crippen LogP contribution in [0.25, 0.3) is 0 Å². The molecule has 0 radical (unpaired) electrons. The maximum absolute atomic E-state index is 12.4. The number of fused-ring (bicyclic) bond motifs is 1. The standard InChI is InChI=1S/C20H20N4O3/c25-19-11-16-14-23(20(26)21-12-17-7-4-10-27-17)9-8-18(16)22-24(19)13-15-5-2-1-3-6-15/h1-7,10-11H,8-9,12-14H2,(H,21,26). The topological polar surface area (TPSA) is 80.4 Å². The Bertz CT molecular complexity index is 980. The minimum absolute atomic E-state index is 0.157. The van der Waals surface area contributed by atoms with Crippen molar-refractivity contribution in [2.45, 2.75) is 26.1 Å². The first kappa shape index (κ1) is 17.1. The van der Waals surface area contributed by atoms with Crippen molar-refractivity contribution in [3.8, 4) is 0 Å². The summed E-state index contributed by atoms with van der Waals surface area (Å²) < 4.78 is 6.70. The van der Waals surface area contributed by atoms with Gasteiger partial charge in [0.25, 0.3) is 5.56 Å². The van der Waals surface area contributed by atoms with Gasteiger partial charge in [-0.05, 0) is 17.7 Å². The van der Waals surface area contributed by atoms with Crippen LogP contribution in [0.1, 0.15) is 22.6 Å². The summed E-state index contributed by atoms with van der Waals surface area (Å²) in [6.07, 6.45) is 2.20. The van der Waals surface area contributed by atoms with E-state index in [2.05, 4.69) is 10.4 Å².